The Hall–Kier alpha value is 0. The molecule has 0 aromatic heterocycles. The van der Waals surface area contributed by atoms with E-state index in [-0.39, 0.29) is 0 Å². The minimum absolute atomic E-state index is 0.597. The Bertz CT molecular complexity index is 135. The largest absolute Gasteiger partial charge is 0.0651 e. The van der Waals surface area contributed by atoms with Crippen molar-refractivity contribution in [3.05, 3.63) is 0 Å². The van der Waals surface area contributed by atoms with Crippen molar-refractivity contribution in [2.75, 3.05) is 0 Å². The van der Waals surface area contributed by atoms with Gasteiger partial charge in [0.2, 0.25) is 0 Å². The molecule has 1 rings (SSSR count). The average molecular weight is 154 g/mol. The molecule has 0 aromatic carbocycles. The Balaban J connectivity index is 2.71. The van der Waals surface area contributed by atoms with E-state index in [9.17, 15) is 0 Å². The zero-order chi connectivity index (χ0) is 8.65. The van der Waals surface area contributed by atoms with Gasteiger partial charge in [-0.15, -0.1) is 0 Å². The Kier molecular flexibility index (Phi) is 2.32. The minimum atomic E-state index is 0.597. The topological polar surface area (TPSA) is 0 Å². The zero-order valence-electron chi connectivity index (χ0n) is 8.65. The van der Waals surface area contributed by atoms with Gasteiger partial charge in [0.25, 0.3) is 0 Å². The normalized spacial score (nSPS) is 42.8. The summed E-state index contributed by atoms with van der Waals surface area (Å²) in [6.07, 6.45) is 2.79. The molecule has 0 aromatic rings. The van der Waals surface area contributed by atoms with E-state index in [1.54, 1.807) is 0 Å². The molecule has 0 saturated heterocycles. The van der Waals surface area contributed by atoms with Gasteiger partial charge < -0.3 is 0 Å². The van der Waals surface area contributed by atoms with Crippen LogP contribution in [0.2, 0.25) is 0 Å². The van der Waals surface area contributed by atoms with Gasteiger partial charge in [0, 0.05) is 0 Å². The van der Waals surface area contributed by atoms with Gasteiger partial charge in [-0.2, -0.15) is 0 Å². The van der Waals surface area contributed by atoms with E-state index in [1.165, 1.54) is 12.8 Å². The fourth-order valence-electron chi connectivity index (χ4n) is 3.00. The SMILES string of the molecule is CCC1C(C)CC(C)(C)C1C. The summed E-state index contributed by atoms with van der Waals surface area (Å²) < 4.78 is 0. The predicted molar refractivity (Wildman–Crippen MR) is 50.5 cm³/mol. The van der Waals surface area contributed by atoms with Crippen LogP contribution in [0.25, 0.3) is 0 Å². The van der Waals surface area contributed by atoms with Crippen molar-refractivity contribution in [2.24, 2.45) is 23.2 Å². The summed E-state index contributed by atoms with van der Waals surface area (Å²) >= 11 is 0. The fourth-order valence-corrected chi connectivity index (χ4v) is 3.00. The van der Waals surface area contributed by atoms with Gasteiger partial charge in [0.15, 0.2) is 0 Å². The predicted octanol–water partition coefficient (Wildman–Crippen LogP) is 3.71. The summed E-state index contributed by atoms with van der Waals surface area (Å²) in [4.78, 5) is 0. The first-order chi connectivity index (χ1) is 4.99. The van der Waals surface area contributed by atoms with Crippen molar-refractivity contribution < 1.29 is 0 Å². The van der Waals surface area contributed by atoms with E-state index in [0.29, 0.717) is 5.41 Å². The summed E-state index contributed by atoms with van der Waals surface area (Å²) in [5, 5.41) is 0. The highest BCUT2D eigenvalue weighted by Crippen LogP contribution is 2.50. The third-order valence-electron chi connectivity index (χ3n) is 3.93. The van der Waals surface area contributed by atoms with Crippen LogP contribution in [0.3, 0.4) is 0 Å². The summed E-state index contributed by atoms with van der Waals surface area (Å²) in [7, 11) is 0. The van der Waals surface area contributed by atoms with Crippen LogP contribution < -0.4 is 0 Å². The molecule has 0 heterocycles. The highest BCUT2D eigenvalue weighted by Gasteiger charge is 2.42. The molecule has 11 heavy (non-hydrogen) atoms. The quantitative estimate of drug-likeness (QED) is 0.540. The second-order valence-corrected chi connectivity index (χ2v) is 5.03. The maximum atomic E-state index is 2.43. The molecule has 0 bridgehead atoms. The van der Waals surface area contributed by atoms with Crippen LogP contribution in [0.5, 0.6) is 0 Å². The van der Waals surface area contributed by atoms with Gasteiger partial charge in [-0.05, 0) is 29.6 Å². The Morgan fingerprint density at radius 2 is 1.82 bits per heavy atom. The summed E-state index contributed by atoms with van der Waals surface area (Å²) in [6, 6.07) is 0. The molecule has 0 amide bonds. The van der Waals surface area contributed by atoms with Gasteiger partial charge in [0.05, 0.1) is 0 Å². The second-order valence-electron chi connectivity index (χ2n) is 5.03. The molecule has 3 unspecified atom stereocenters. The molecule has 1 saturated carbocycles. The molecule has 1 fully saturated rings. The lowest BCUT2D eigenvalue weighted by Gasteiger charge is -2.26. The molecule has 3 atom stereocenters. The van der Waals surface area contributed by atoms with Gasteiger partial charge in [-0.25, -0.2) is 0 Å². The van der Waals surface area contributed by atoms with Crippen LogP contribution in [0.15, 0.2) is 0 Å². The smallest absolute Gasteiger partial charge is 0.0323 e. The Morgan fingerprint density at radius 1 is 1.27 bits per heavy atom. The lowest BCUT2D eigenvalue weighted by molar-refractivity contribution is 0.233. The molecule has 0 aliphatic heterocycles. The first kappa shape index (κ1) is 9.09. The van der Waals surface area contributed by atoms with Crippen molar-refractivity contribution in [3.63, 3.8) is 0 Å². The molecule has 0 nitrogen and oxygen atoms in total. The molecule has 1 aliphatic rings. The molecular formula is C11H22. The molecule has 0 radical (unpaired) electrons. The maximum Gasteiger partial charge on any atom is -0.0323 e. The van der Waals surface area contributed by atoms with Crippen LogP contribution >= 0.6 is 0 Å². The summed E-state index contributed by atoms with van der Waals surface area (Å²) in [5.74, 6) is 2.84. The second kappa shape index (κ2) is 2.80. The number of hydrogen-bond acceptors (Lipinski definition) is 0. The first-order valence-electron chi connectivity index (χ1n) is 4.99. The van der Waals surface area contributed by atoms with Gasteiger partial charge in [-0.3, -0.25) is 0 Å². The molecule has 0 N–H and O–H groups in total. The average Bonchev–Trinajstić information content (AvgIpc) is 2.04. The van der Waals surface area contributed by atoms with E-state index >= 15 is 0 Å². The molecule has 0 heteroatoms. The van der Waals surface area contributed by atoms with E-state index < -0.39 is 0 Å². The number of hydrogen-bond donors (Lipinski definition) is 0. The zero-order valence-corrected chi connectivity index (χ0v) is 8.65. The van der Waals surface area contributed by atoms with E-state index in [4.69, 9.17) is 0 Å². The van der Waals surface area contributed by atoms with Crippen LogP contribution in [0, 0.1) is 23.2 Å². The Morgan fingerprint density at radius 3 is 2.00 bits per heavy atom. The van der Waals surface area contributed by atoms with E-state index in [2.05, 4.69) is 34.6 Å². The van der Waals surface area contributed by atoms with Crippen LogP contribution in [0.1, 0.15) is 47.5 Å². The van der Waals surface area contributed by atoms with Crippen LogP contribution in [-0.4, -0.2) is 0 Å². The monoisotopic (exact) mass is 154 g/mol. The lowest BCUT2D eigenvalue weighted by Crippen LogP contribution is -2.18. The summed E-state index contributed by atoms with van der Waals surface area (Å²) in [6.45, 7) is 12.0. The number of rotatable bonds is 1. The lowest BCUT2D eigenvalue weighted by atomic mass is 9.79. The third kappa shape index (κ3) is 1.45. The highest BCUT2D eigenvalue weighted by atomic mass is 14.5. The van der Waals surface area contributed by atoms with Crippen molar-refractivity contribution >= 4 is 0 Å². The van der Waals surface area contributed by atoms with E-state index in [1.807, 2.05) is 0 Å². The molecule has 1 aliphatic carbocycles. The third-order valence-corrected chi connectivity index (χ3v) is 3.93. The van der Waals surface area contributed by atoms with Gasteiger partial charge in [-0.1, -0.05) is 41.0 Å². The van der Waals surface area contributed by atoms with Gasteiger partial charge in [0.1, 0.15) is 0 Å². The van der Waals surface area contributed by atoms with Gasteiger partial charge >= 0.3 is 0 Å². The highest BCUT2D eigenvalue weighted by molar-refractivity contribution is 4.91. The van der Waals surface area contributed by atoms with Crippen molar-refractivity contribution in [1.29, 1.82) is 0 Å². The Labute approximate surface area is 71.4 Å². The first-order valence-corrected chi connectivity index (χ1v) is 4.99. The van der Waals surface area contributed by atoms with Crippen LogP contribution in [0.4, 0.5) is 0 Å². The van der Waals surface area contributed by atoms with Crippen LogP contribution in [-0.2, 0) is 0 Å². The molecule has 66 valence electrons. The standard InChI is InChI=1S/C11H22/c1-6-10-8(2)7-11(4,5)9(10)3/h8-10H,6-7H2,1-5H3. The van der Waals surface area contributed by atoms with Crippen molar-refractivity contribution in [3.8, 4) is 0 Å². The van der Waals surface area contributed by atoms with Crippen molar-refractivity contribution in [2.45, 2.75) is 47.5 Å². The minimum Gasteiger partial charge on any atom is -0.0651 e. The maximum absolute atomic E-state index is 2.43. The summed E-state index contributed by atoms with van der Waals surface area (Å²) in [5.41, 5.74) is 0.597. The molecular weight excluding hydrogens is 132 g/mol. The van der Waals surface area contributed by atoms with E-state index in [0.717, 1.165) is 17.8 Å². The van der Waals surface area contributed by atoms with Crippen molar-refractivity contribution in [1.82, 2.24) is 0 Å². The fraction of sp³-hybridized carbons (Fsp3) is 1.00. The molecule has 0 spiro atoms.